The highest BCUT2D eigenvalue weighted by Crippen LogP contribution is 2.21. The molecule has 0 saturated heterocycles. The third-order valence-corrected chi connectivity index (χ3v) is 4.55. The Morgan fingerprint density at radius 3 is 2.69 bits per heavy atom. The van der Waals surface area contributed by atoms with Crippen LogP contribution in [0.15, 0.2) is 48.5 Å². The van der Waals surface area contributed by atoms with Gasteiger partial charge < -0.3 is 10.5 Å². The zero-order valence-corrected chi connectivity index (χ0v) is 16.7. The predicted octanol–water partition coefficient (Wildman–Crippen LogP) is 1.88. The Morgan fingerprint density at radius 2 is 1.97 bits per heavy atom. The summed E-state index contributed by atoms with van der Waals surface area (Å²) in [5.74, 6) is 0.177. The number of nitrogens with two attached hydrogens (primary N) is 1. The summed E-state index contributed by atoms with van der Waals surface area (Å²) in [4.78, 5) is 11.9. The number of benzene rings is 2. The van der Waals surface area contributed by atoms with Crippen molar-refractivity contribution in [2.75, 3.05) is 6.61 Å². The number of carbonyl (C=O) groups is 1. The second kappa shape index (κ2) is 9.90. The van der Waals surface area contributed by atoms with Gasteiger partial charge in [-0.25, -0.2) is 4.68 Å². The van der Waals surface area contributed by atoms with Gasteiger partial charge in [0.25, 0.3) is 0 Å². The van der Waals surface area contributed by atoms with Crippen molar-refractivity contribution in [2.24, 2.45) is 5.73 Å². The summed E-state index contributed by atoms with van der Waals surface area (Å²) in [6.07, 6.45) is 0. The molecule has 8 heteroatoms. The molecule has 0 spiro atoms. The average Bonchev–Trinajstić information content (AvgIpc) is 3.17. The van der Waals surface area contributed by atoms with E-state index in [1.54, 1.807) is 6.92 Å². The number of carbonyl (C=O) groups excluding carboxylic acids is 1. The van der Waals surface area contributed by atoms with Gasteiger partial charge in [-0.3, -0.25) is 10.1 Å². The smallest absolute Gasteiger partial charge is 0.327 e. The van der Waals surface area contributed by atoms with Crippen LogP contribution in [-0.2, 0) is 29.2 Å². The standard InChI is InChI=1S/C21H26N6O2/c1-3-29-19(28)14-27-21(24-25-26-27)20(18-9-7-15(2)8-10-18)23-13-17-6-4-5-16(11-17)12-22/h4-11,20,23H,3,12-14,22H2,1-2H3. The number of rotatable bonds is 9. The highest BCUT2D eigenvalue weighted by molar-refractivity contribution is 5.69. The third kappa shape index (κ3) is 5.46. The summed E-state index contributed by atoms with van der Waals surface area (Å²) >= 11 is 0. The molecular formula is C21H26N6O2. The summed E-state index contributed by atoms with van der Waals surface area (Å²) in [7, 11) is 0. The normalized spacial score (nSPS) is 12.0. The Bertz CT molecular complexity index is 938. The molecule has 3 rings (SSSR count). The Kier molecular flexibility index (Phi) is 7.04. The lowest BCUT2D eigenvalue weighted by atomic mass is 10.0. The number of nitrogens with one attached hydrogen (secondary N) is 1. The van der Waals surface area contributed by atoms with Gasteiger partial charge in [0, 0.05) is 13.1 Å². The minimum Gasteiger partial charge on any atom is -0.465 e. The molecule has 0 bridgehead atoms. The van der Waals surface area contributed by atoms with E-state index in [1.807, 2.05) is 49.4 Å². The largest absolute Gasteiger partial charge is 0.465 e. The molecule has 152 valence electrons. The molecule has 8 nitrogen and oxygen atoms in total. The lowest BCUT2D eigenvalue weighted by Crippen LogP contribution is -2.27. The predicted molar refractivity (Wildman–Crippen MR) is 109 cm³/mol. The molecule has 0 saturated carbocycles. The summed E-state index contributed by atoms with van der Waals surface area (Å²) < 4.78 is 6.52. The molecule has 0 radical (unpaired) electrons. The second-order valence-corrected chi connectivity index (χ2v) is 6.75. The molecule has 0 fully saturated rings. The van der Waals surface area contributed by atoms with Crippen molar-refractivity contribution in [1.82, 2.24) is 25.5 Å². The number of hydrogen-bond acceptors (Lipinski definition) is 7. The summed E-state index contributed by atoms with van der Waals surface area (Å²) in [5.41, 5.74) is 10.1. The van der Waals surface area contributed by atoms with E-state index in [4.69, 9.17) is 10.5 Å². The molecule has 0 amide bonds. The molecule has 1 atom stereocenters. The molecule has 0 aliphatic carbocycles. The van der Waals surface area contributed by atoms with E-state index in [1.165, 1.54) is 4.68 Å². The van der Waals surface area contributed by atoms with E-state index in [0.717, 1.165) is 22.3 Å². The van der Waals surface area contributed by atoms with Crippen molar-refractivity contribution in [2.45, 2.75) is 39.5 Å². The van der Waals surface area contributed by atoms with Crippen LogP contribution in [0.25, 0.3) is 0 Å². The SMILES string of the molecule is CCOC(=O)Cn1nnnc1C(NCc1cccc(CN)c1)c1ccc(C)cc1. The molecule has 3 N–H and O–H groups in total. The zero-order chi connectivity index (χ0) is 20.6. The summed E-state index contributed by atoms with van der Waals surface area (Å²) in [5, 5.41) is 15.5. The highest BCUT2D eigenvalue weighted by atomic mass is 16.5. The van der Waals surface area contributed by atoms with E-state index >= 15 is 0 Å². The van der Waals surface area contributed by atoms with Crippen molar-refractivity contribution in [3.63, 3.8) is 0 Å². The van der Waals surface area contributed by atoms with E-state index in [9.17, 15) is 4.79 Å². The number of hydrogen-bond donors (Lipinski definition) is 2. The number of tetrazole rings is 1. The van der Waals surface area contributed by atoms with Gasteiger partial charge in [0.15, 0.2) is 5.82 Å². The van der Waals surface area contributed by atoms with Crippen LogP contribution < -0.4 is 11.1 Å². The van der Waals surface area contributed by atoms with Gasteiger partial charge in [-0.1, -0.05) is 54.1 Å². The molecule has 0 aliphatic rings. The molecule has 3 aromatic rings. The Labute approximate surface area is 170 Å². The van der Waals surface area contributed by atoms with Crippen LogP contribution in [0.3, 0.4) is 0 Å². The maximum absolute atomic E-state index is 11.9. The fourth-order valence-electron chi connectivity index (χ4n) is 3.06. The van der Waals surface area contributed by atoms with Crippen LogP contribution in [0, 0.1) is 6.92 Å². The highest BCUT2D eigenvalue weighted by Gasteiger charge is 2.22. The fraction of sp³-hybridized carbons (Fsp3) is 0.333. The van der Waals surface area contributed by atoms with E-state index < -0.39 is 0 Å². The molecule has 1 heterocycles. The van der Waals surface area contributed by atoms with Crippen molar-refractivity contribution >= 4 is 5.97 Å². The van der Waals surface area contributed by atoms with E-state index in [2.05, 4.69) is 26.9 Å². The van der Waals surface area contributed by atoms with E-state index in [0.29, 0.717) is 25.5 Å². The first-order chi connectivity index (χ1) is 14.1. The third-order valence-electron chi connectivity index (χ3n) is 4.55. The van der Waals surface area contributed by atoms with Crippen LogP contribution in [0.4, 0.5) is 0 Å². The topological polar surface area (TPSA) is 108 Å². The van der Waals surface area contributed by atoms with Gasteiger partial charge in [0.2, 0.25) is 0 Å². The van der Waals surface area contributed by atoms with Crippen LogP contribution in [0.5, 0.6) is 0 Å². The van der Waals surface area contributed by atoms with Gasteiger partial charge in [0.05, 0.1) is 12.6 Å². The Balaban J connectivity index is 1.87. The molecule has 1 aromatic heterocycles. The lowest BCUT2D eigenvalue weighted by molar-refractivity contribution is -0.144. The first-order valence-electron chi connectivity index (χ1n) is 9.60. The fourth-order valence-corrected chi connectivity index (χ4v) is 3.06. The maximum Gasteiger partial charge on any atom is 0.327 e. The first-order valence-corrected chi connectivity index (χ1v) is 9.60. The number of aromatic nitrogens is 4. The zero-order valence-electron chi connectivity index (χ0n) is 16.7. The van der Waals surface area contributed by atoms with Gasteiger partial charge >= 0.3 is 5.97 Å². The molecule has 29 heavy (non-hydrogen) atoms. The van der Waals surface area contributed by atoms with Crippen molar-refractivity contribution in [3.05, 3.63) is 76.6 Å². The van der Waals surface area contributed by atoms with Crippen molar-refractivity contribution in [1.29, 1.82) is 0 Å². The molecule has 2 aromatic carbocycles. The van der Waals surface area contributed by atoms with Crippen molar-refractivity contribution in [3.8, 4) is 0 Å². The summed E-state index contributed by atoms with van der Waals surface area (Å²) in [6, 6.07) is 16.0. The minimum absolute atomic E-state index is 0.0388. The summed E-state index contributed by atoms with van der Waals surface area (Å²) in [6.45, 7) is 5.17. The Morgan fingerprint density at radius 1 is 1.21 bits per heavy atom. The van der Waals surface area contributed by atoms with Gasteiger partial charge in [-0.05, 0) is 41.0 Å². The second-order valence-electron chi connectivity index (χ2n) is 6.75. The number of aryl methyl sites for hydroxylation is 1. The van der Waals surface area contributed by atoms with Gasteiger partial charge in [0.1, 0.15) is 6.54 Å². The molecule has 1 unspecified atom stereocenters. The van der Waals surface area contributed by atoms with Crippen LogP contribution >= 0.6 is 0 Å². The maximum atomic E-state index is 11.9. The van der Waals surface area contributed by atoms with Crippen molar-refractivity contribution < 1.29 is 9.53 Å². The van der Waals surface area contributed by atoms with Crippen LogP contribution in [-0.4, -0.2) is 32.8 Å². The number of nitrogens with zero attached hydrogens (tertiary/aromatic N) is 4. The van der Waals surface area contributed by atoms with Gasteiger partial charge in [-0.15, -0.1) is 5.10 Å². The van der Waals surface area contributed by atoms with Crippen LogP contribution in [0.1, 0.15) is 41.0 Å². The quantitative estimate of drug-likeness (QED) is 0.534. The Hall–Kier alpha value is -3.10. The molecular weight excluding hydrogens is 368 g/mol. The van der Waals surface area contributed by atoms with E-state index in [-0.39, 0.29) is 18.6 Å². The minimum atomic E-state index is -0.376. The number of esters is 1. The lowest BCUT2D eigenvalue weighted by Gasteiger charge is -2.19. The first kappa shape index (κ1) is 20.6. The number of ether oxygens (including phenoxy) is 1. The average molecular weight is 394 g/mol. The van der Waals surface area contributed by atoms with Crippen LogP contribution in [0.2, 0.25) is 0 Å². The molecule has 0 aliphatic heterocycles. The van der Waals surface area contributed by atoms with Gasteiger partial charge in [-0.2, -0.15) is 0 Å². The monoisotopic (exact) mass is 394 g/mol.